The van der Waals surface area contributed by atoms with Crippen molar-refractivity contribution in [1.29, 1.82) is 0 Å². The van der Waals surface area contributed by atoms with Gasteiger partial charge in [0.2, 0.25) is 5.91 Å². The Labute approximate surface area is 141 Å². The highest BCUT2D eigenvalue weighted by Gasteiger charge is 2.25. The topological polar surface area (TPSA) is 46.4 Å². The number of nitrogens with one attached hydrogen (secondary N) is 1. The zero-order chi connectivity index (χ0) is 16.5. The van der Waals surface area contributed by atoms with Gasteiger partial charge in [0.05, 0.1) is 0 Å². The average Bonchev–Trinajstić information content (AvgIpc) is 3.25. The van der Waals surface area contributed by atoms with Gasteiger partial charge in [-0.25, -0.2) is 4.98 Å². The molecule has 0 radical (unpaired) electrons. The lowest BCUT2D eigenvalue weighted by atomic mass is 10.1. The van der Waals surface area contributed by atoms with Gasteiger partial charge in [-0.3, -0.25) is 9.20 Å². The van der Waals surface area contributed by atoms with Gasteiger partial charge in [0.25, 0.3) is 0 Å². The van der Waals surface area contributed by atoms with E-state index in [0.29, 0.717) is 0 Å². The third kappa shape index (κ3) is 2.58. The second-order valence-electron chi connectivity index (χ2n) is 6.53. The van der Waals surface area contributed by atoms with Gasteiger partial charge in [-0.2, -0.15) is 0 Å². The van der Waals surface area contributed by atoms with E-state index in [0.717, 1.165) is 54.0 Å². The minimum absolute atomic E-state index is 0.119. The Balaban J connectivity index is 1.82. The van der Waals surface area contributed by atoms with E-state index in [-0.39, 0.29) is 11.8 Å². The molecule has 4 rings (SSSR count). The van der Waals surface area contributed by atoms with Gasteiger partial charge in [-0.05, 0) is 31.4 Å². The van der Waals surface area contributed by atoms with Crippen molar-refractivity contribution in [2.75, 3.05) is 5.32 Å². The first kappa shape index (κ1) is 14.9. The van der Waals surface area contributed by atoms with Crippen LogP contribution in [0.4, 0.5) is 5.82 Å². The normalized spacial score (nSPS) is 15.0. The fraction of sp³-hybridized carbons (Fsp3) is 0.300. The molecule has 0 unspecified atom stereocenters. The van der Waals surface area contributed by atoms with E-state index in [2.05, 4.69) is 5.32 Å². The van der Waals surface area contributed by atoms with Gasteiger partial charge < -0.3 is 5.32 Å². The van der Waals surface area contributed by atoms with Gasteiger partial charge in [-0.1, -0.05) is 49.2 Å². The molecule has 0 atom stereocenters. The molecule has 1 N–H and O–H groups in total. The average molecular weight is 319 g/mol. The van der Waals surface area contributed by atoms with Crippen LogP contribution in [0.5, 0.6) is 0 Å². The summed E-state index contributed by atoms with van der Waals surface area (Å²) in [7, 11) is 0. The number of aromatic nitrogens is 2. The summed E-state index contributed by atoms with van der Waals surface area (Å²) < 4.78 is 1.99. The largest absolute Gasteiger partial charge is 0.310 e. The van der Waals surface area contributed by atoms with E-state index in [9.17, 15) is 4.79 Å². The number of carbonyl (C=O) groups is 1. The molecule has 2 aromatic heterocycles. The van der Waals surface area contributed by atoms with Crippen LogP contribution in [0.1, 0.15) is 31.2 Å². The van der Waals surface area contributed by atoms with E-state index in [4.69, 9.17) is 4.98 Å². The van der Waals surface area contributed by atoms with Gasteiger partial charge in [0.15, 0.2) is 0 Å². The number of carbonyl (C=O) groups excluding carboxylic acids is 1. The first-order chi connectivity index (χ1) is 11.7. The van der Waals surface area contributed by atoms with Crippen molar-refractivity contribution in [2.24, 2.45) is 5.92 Å². The van der Waals surface area contributed by atoms with Crippen molar-refractivity contribution in [3.63, 3.8) is 0 Å². The number of aryl methyl sites for hydroxylation is 1. The SMILES string of the molecule is Cc1cccn2c(NC(=O)C3CCCC3)c(-c3ccccc3)nc12. The summed E-state index contributed by atoms with van der Waals surface area (Å²) in [6, 6.07) is 14.1. The van der Waals surface area contributed by atoms with Crippen LogP contribution < -0.4 is 5.32 Å². The monoisotopic (exact) mass is 319 g/mol. The molecular weight excluding hydrogens is 298 g/mol. The van der Waals surface area contributed by atoms with Crippen LogP contribution in [0.25, 0.3) is 16.9 Å². The molecule has 0 bridgehead atoms. The first-order valence-electron chi connectivity index (χ1n) is 8.58. The van der Waals surface area contributed by atoms with Crippen molar-refractivity contribution in [3.8, 4) is 11.3 Å². The van der Waals surface area contributed by atoms with E-state index >= 15 is 0 Å². The highest BCUT2D eigenvalue weighted by atomic mass is 16.2. The van der Waals surface area contributed by atoms with Crippen LogP contribution >= 0.6 is 0 Å². The van der Waals surface area contributed by atoms with E-state index < -0.39 is 0 Å². The maximum absolute atomic E-state index is 12.7. The fourth-order valence-corrected chi connectivity index (χ4v) is 3.53. The van der Waals surface area contributed by atoms with Crippen LogP contribution in [-0.4, -0.2) is 15.3 Å². The Morgan fingerprint density at radius 1 is 1.12 bits per heavy atom. The minimum Gasteiger partial charge on any atom is -0.310 e. The van der Waals surface area contributed by atoms with Crippen molar-refractivity contribution >= 4 is 17.4 Å². The third-order valence-corrected chi connectivity index (χ3v) is 4.86. The number of anilines is 1. The van der Waals surface area contributed by atoms with Crippen LogP contribution in [0, 0.1) is 12.8 Å². The Morgan fingerprint density at radius 2 is 1.88 bits per heavy atom. The number of rotatable bonds is 3. The number of benzene rings is 1. The molecule has 1 aromatic carbocycles. The van der Waals surface area contributed by atoms with Gasteiger partial charge in [0.1, 0.15) is 17.2 Å². The molecule has 3 aromatic rings. The molecule has 122 valence electrons. The van der Waals surface area contributed by atoms with Gasteiger partial charge in [0, 0.05) is 17.7 Å². The Bertz CT molecular complexity index is 877. The molecule has 1 fully saturated rings. The van der Waals surface area contributed by atoms with Gasteiger partial charge in [-0.15, -0.1) is 0 Å². The number of pyridine rings is 1. The molecule has 2 heterocycles. The molecule has 1 amide bonds. The lowest BCUT2D eigenvalue weighted by molar-refractivity contribution is -0.119. The molecular formula is C20H21N3O. The van der Waals surface area contributed by atoms with Crippen molar-refractivity contribution < 1.29 is 4.79 Å². The van der Waals surface area contributed by atoms with Crippen molar-refractivity contribution in [2.45, 2.75) is 32.6 Å². The molecule has 0 saturated heterocycles. The predicted octanol–water partition coefficient (Wildman–Crippen LogP) is 4.44. The highest BCUT2D eigenvalue weighted by Crippen LogP contribution is 2.32. The number of hydrogen-bond donors (Lipinski definition) is 1. The third-order valence-electron chi connectivity index (χ3n) is 4.86. The fourth-order valence-electron chi connectivity index (χ4n) is 3.53. The molecule has 1 saturated carbocycles. The summed E-state index contributed by atoms with van der Waals surface area (Å²) >= 11 is 0. The van der Waals surface area contributed by atoms with E-state index in [1.54, 1.807) is 0 Å². The molecule has 0 aliphatic heterocycles. The zero-order valence-electron chi connectivity index (χ0n) is 13.8. The maximum Gasteiger partial charge on any atom is 0.228 e. The maximum atomic E-state index is 12.7. The molecule has 4 nitrogen and oxygen atoms in total. The molecule has 0 spiro atoms. The second-order valence-corrected chi connectivity index (χ2v) is 6.53. The van der Waals surface area contributed by atoms with Crippen molar-refractivity contribution in [1.82, 2.24) is 9.38 Å². The quantitative estimate of drug-likeness (QED) is 0.776. The molecule has 24 heavy (non-hydrogen) atoms. The summed E-state index contributed by atoms with van der Waals surface area (Å²) in [5.41, 5.74) is 3.83. The van der Waals surface area contributed by atoms with E-state index in [1.807, 2.05) is 60.0 Å². The lowest BCUT2D eigenvalue weighted by Crippen LogP contribution is -2.21. The van der Waals surface area contributed by atoms with Crippen LogP contribution in [0.15, 0.2) is 48.7 Å². The van der Waals surface area contributed by atoms with Crippen LogP contribution in [0.3, 0.4) is 0 Å². The molecule has 1 aliphatic rings. The number of nitrogens with zero attached hydrogens (tertiary/aromatic N) is 2. The zero-order valence-corrected chi connectivity index (χ0v) is 13.8. The smallest absolute Gasteiger partial charge is 0.228 e. The molecule has 4 heteroatoms. The number of amides is 1. The van der Waals surface area contributed by atoms with E-state index in [1.165, 1.54) is 0 Å². The Kier molecular flexibility index (Phi) is 3.81. The van der Waals surface area contributed by atoms with Crippen LogP contribution in [-0.2, 0) is 4.79 Å². The van der Waals surface area contributed by atoms with Crippen molar-refractivity contribution in [3.05, 3.63) is 54.2 Å². The first-order valence-corrected chi connectivity index (χ1v) is 8.58. The summed E-state index contributed by atoms with van der Waals surface area (Å²) in [6.45, 7) is 2.04. The minimum atomic E-state index is 0.119. The Hall–Kier alpha value is -2.62. The summed E-state index contributed by atoms with van der Waals surface area (Å²) in [5, 5.41) is 3.16. The Morgan fingerprint density at radius 3 is 2.62 bits per heavy atom. The summed E-state index contributed by atoms with van der Waals surface area (Å²) in [4.78, 5) is 17.5. The van der Waals surface area contributed by atoms with Gasteiger partial charge >= 0.3 is 0 Å². The second kappa shape index (κ2) is 6.11. The van der Waals surface area contributed by atoms with Crippen LogP contribution in [0.2, 0.25) is 0 Å². The number of hydrogen-bond acceptors (Lipinski definition) is 2. The number of imidazole rings is 1. The molecule has 1 aliphatic carbocycles. The lowest BCUT2D eigenvalue weighted by Gasteiger charge is -2.12. The summed E-state index contributed by atoms with van der Waals surface area (Å²) in [5.74, 6) is 1.02. The number of fused-ring (bicyclic) bond motifs is 1. The standard InChI is InChI=1S/C20H21N3O/c1-14-8-7-13-23-18(14)21-17(15-9-3-2-4-10-15)19(23)22-20(24)16-11-5-6-12-16/h2-4,7-10,13,16H,5-6,11-12H2,1H3,(H,22,24). The summed E-state index contributed by atoms with van der Waals surface area (Å²) in [6.07, 6.45) is 6.24. The predicted molar refractivity (Wildman–Crippen MR) is 96.0 cm³/mol. The highest BCUT2D eigenvalue weighted by molar-refractivity contribution is 5.96.